The number of carbonyl (C=O) groups excluding carboxylic acids is 2. The molecule has 8 heteroatoms. The monoisotopic (exact) mass is 440 g/mol. The van der Waals surface area contributed by atoms with E-state index in [0.717, 1.165) is 47.1 Å². The van der Waals surface area contributed by atoms with E-state index in [1.54, 1.807) is 23.5 Å². The summed E-state index contributed by atoms with van der Waals surface area (Å²) in [5.74, 6) is 6.96. The van der Waals surface area contributed by atoms with Gasteiger partial charge in [-0.1, -0.05) is 5.92 Å². The third-order valence-corrected chi connectivity index (χ3v) is 5.97. The zero-order chi connectivity index (χ0) is 22.9. The van der Waals surface area contributed by atoms with E-state index in [-0.39, 0.29) is 17.7 Å². The van der Waals surface area contributed by atoms with Crippen LogP contribution in [0.2, 0.25) is 0 Å². The van der Waals surface area contributed by atoms with E-state index in [1.165, 1.54) is 0 Å². The molecule has 1 saturated heterocycles. The van der Waals surface area contributed by atoms with Crippen molar-refractivity contribution in [1.82, 2.24) is 19.9 Å². The molecule has 1 aliphatic heterocycles. The fourth-order valence-corrected chi connectivity index (χ4v) is 3.82. The van der Waals surface area contributed by atoms with Crippen molar-refractivity contribution in [3.05, 3.63) is 53.7 Å². The maximum atomic E-state index is 12.3. The molecule has 0 spiro atoms. The number of fused-ring (bicyclic) bond motifs is 1. The first-order chi connectivity index (χ1) is 16.0. The number of anilines is 2. The van der Waals surface area contributed by atoms with E-state index in [4.69, 9.17) is 0 Å². The predicted octanol–water partition coefficient (Wildman–Crippen LogP) is 2.36. The van der Waals surface area contributed by atoms with Gasteiger partial charge in [0, 0.05) is 47.9 Å². The van der Waals surface area contributed by atoms with Crippen molar-refractivity contribution < 1.29 is 9.59 Å². The molecule has 5 rings (SSSR count). The zero-order valence-electron chi connectivity index (χ0n) is 18.6. The van der Waals surface area contributed by atoms with E-state index in [0.29, 0.717) is 24.6 Å². The van der Waals surface area contributed by atoms with Gasteiger partial charge in [0.05, 0.1) is 24.0 Å². The van der Waals surface area contributed by atoms with Crippen molar-refractivity contribution in [2.24, 2.45) is 5.92 Å². The highest BCUT2D eigenvalue weighted by atomic mass is 16.2. The molecule has 8 nitrogen and oxygen atoms in total. The molecule has 0 atom stereocenters. The van der Waals surface area contributed by atoms with Crippen molar-refractivity contribution >= 4 is 34.1 Å². The Morgan fingerprint density at radius 2 is 1.91 bits per heavy atom. The molecule has 0 aromatic carbocycles. The molecular formula is C25H24N6O2. The summed E-state index contributed by atoms with van der Waals surface area (Å²) in [7, 11) is 1.94. The number of amides is 2. The fraction of sp³-hybridized carbons (Fsp3) is 0.320. The fourth-order valence-electron chi connectivity index (χ4n) is 3.82. The second-order valence-corrected chi connectivity index (χ2v) is 8.57. The van der Waals surface area contributed by atoms with Crippen molar-refractivity contribution in [3.8, 4) is 11.8 Å². The van der Waals surface area contributed by atoms with Crippen LogP contribution in [0.15, 0.2) is 36.8 Å². The summed E-state index contributed by atoms with van der Waals surface area (Å²) in [5, 5.41) is 4.67. The topological polar surface area (TPSA) is 91.3 Å². The number of rotatable bonds is 3. The van der Waals surface area contributed by atoms with E-state index >= 15 is 0 Å². The van der Waals surface area contributed by atoms with Crippen LogP contribution in [0.5, 0.6) is 0 Å². The molecular weight excluding hydrogens is 416 g/mol. The van der Waals surface area contributed by atoms with Crippen LogP contribution in [0, 0.1) is 24.7 Å². The molecule has 2 amide bonds. The van der Waals surface area contributed by atoms with Crippen LogP contribution in [-0.4, -0.2) is 58.3 Å². The Morgan fingerprint density at radius 3 is 2.64 bits per heavy atom. The lowest BCUT2D eigenvalue weighted by molar-refractivity contribution is -0.121. The summed E-state index contributed by atoms with van der Waals surface area (Å²) in [4.78, 5) is 41.4. The summed E-state index contributed by atoms with van der Waals surface area (Å²) in [6, 6.07) is 5.55. The van der Waals surface area contributed by atoms with Crippen molar-refractivity contribution in [2.75, 3.05) is 36.9 Å². The van der Waals surface area contributed by atoms with Crippen molar-refractivity contribution in [3.63, 3.8) is 0 Å². The summed E-state index contributed by atoms with van der Waals surface area (Å²) >= 11 is 0. The van der Waals surface area contributed by atoms with Gasteiger partial charge in [0.1, 0.15) is 11.5 Å². The Morgan fingerprint density at radius 1 is 1.06 bits per heavy atom. The molecule has 4 heterocycles. The van der Waals surface area contributed by atoms with Gasteiger partial charge in [-0.15, -0.1) is 0 Å². The molecule has 0 bridgehead atoms. The molecule has 2 fully saturated rings. The van der Waals surface area contributed by atoms with E-state index in [9.17, 15) is 9.59 Å². The minimum atomic E-state index is 0.0170. The number of nitrogens with zero attached hydrogens (tertiary/aromatic N) is 5. The highest BCUT2D eigenvalue weighted by Gasteiger charge is 2.29. The Labute approximate surface area is 192 Å². The largest absolute Gasteiger partial charge is 0.310 e. The van der Waals surface area contributed by atoms with Crippen LogP contribution in [-0.2, 0) is 9.59 Å². The standard InChI is InChI=1S/C25H24N6O2/c1-16-22-14-28-23(29-25(33)17-3-4-17)11-21(22)18(12-26-16)5-6-19-7-8-20(13-27-19)31-10-9-30(2)15-24(31)32/h7-8,11-14,17H,3-4,9-10,15H2,1-2H3,(H,28,29,33). The molecule has 166 valence electrons. The van der Waals surface area contributed by atoms with Gasteiger partial charge in [-0.05, 0) is 50.9 Å². The van der Waals surface area contributed by atoms with Gasteiger partial charge in [0.25, 0.3) is 0 Å². The van der Waals surface area contributed by atoms with Crippen molar-refractivity contribution in [2.45, 2.75) is 19.8 Å². The zero-order valence-corrected chi connectivity index (χ0v) is 18.6. The van der Waals surface area contributed by atoms with Crippen LogP contribution in [0.3, 0.4) is 0 Å². The Hall–Kier alpha value is -3.83. The van der Waals surface area contributed by atoms with Gasteiger partial charge >= 0.3 is 0 Å². The van der Waals surface area contributed by atoms with Gasteiger partial charge in [-0.25, -0.2) is 9.97 Å². The number of carbonyl (C=O) groups is 2. The summed E-state index contributed by atoms with van der Waals surface area (Å²) in [6.07, 6.45) is 7.02. The van der Waals surface area contributed by atoms with Crippen LogP contribution < -0.4 is 10.2 Å². The first-order valence-corrected chi connectivity index (χ1v) is 11.0. The highest BCUT2D eigenvalue weighted by Crippen LogP contribution is 2.30. The van der Waals surface area contributed by atoms with Crippen LogP contribution in [0.4, 0.5) is 11.5 Å². The van der Waals surface area contributed by atoms with Crippen LogP contribution in [0.25, 0.3) is 10.8 Å². The molecule has 1 saturated carbocycles. The second-order valence-electron chi connectivity index (χ2n) is 8.57. The first kappa shape index (κ1) is 21.0. The average Bonchev–Trinajstić information content (AvgIpc) is 3.65. The molecule has 2 aliphatic rings. The number of pyridine rings is 3. The maximum Gasteiger partial charge on any atom is 0.241 e. The average molecular weight is 441 g/mol. The minimum Gasteiger partial charge on any atom is -0.310 e. The Balaban J connectivity index is 1.40. The van der Waals surface area contributed by atoms with Gasteiger partial charge in [-0.3, -0.25) is 19.5 Å². The predicted molar refractivity (Wildman–Crippen MR) is 126 cm³/mol. The lowest BCUT2D eigenvalue weighted by atomic mass is 10.1. The Kier molecular flexibility index (Phi) is 5.48. The molecule has 1 aliphatic carbocycles. The number of nitrogens with one attached hydrogen (secondary N) is 1. The molecule has 33 heavy (non-hydrogen) atoms. The number of hydrogen-bond donors (Lipinski definition) is 1. The van der Waals surface area contributed by atoms with Crippen LogP contribution in [0.1, 0.15) is 29.8 Å². The normalized spacial score (nSPS) is 16.4. The number of hydrogen-bond acceptors (Lipinski definition) is 6. The van der Waals surface area contributed by atoms with E-state index in [1.807, 2.05) is 37.1 Å². The lowest BCUT2D eigenvalue weighted by Crippen LogP contribution is -2.48. The maximum absolute atomic E-state index is 12.3. The quantitative estimate of drug-likeness (QED) is 0.629. The highest BCUT2D eigenvalue weighted by molar-refractivity contribution is 5.97. The Bertz CT molecular complexity index is 1300. The molecule has 0 radical (unpaired) electrons. The van der Waals surface area contributed by atoms with E-state index in [2.05, 4.69) is 32.1 Å². The molecule has 1 N–H and O–H groups in total. The third-order valence-electron chi connectivity index (χ3n) is 5.97. The SMILES string of the molecule is Cc1ncc(C#Cc2ccc(N3CCN(C)CC3=O)cn2)c2cc(NC(=O)C3CC3)ncc12. The summed E-state index contributed by atoms with van der Waals surface area (Å²) in [6.45, 7) is 3.81. The second kappa shape index (κ2) is 8.60. The molecule has 0 unspecified atom stereocenters. The lowest BCUT2D eigenvalue weighted by Gasteiger charge is -2.31. The summed E-state index contributed by atoms with van der Waals surface area (Å²) < 4.78 is 0. The van der Waals surface area contributed by atoms with Gasteiger partial charge in [-0.2, -0.15) is 0 Å². The summed E-state index contributed by atoms with van der Waals surface area (Å²) in [5.41, 5.74) is 2.97. The number of likely N-dealkylation sites (N-methyl/N-ethyl adjacent to an activating group) is 1. The number of piperazine rings is 1. The van der Waals surface area contributed by atoms with Crippen LogP contribution >= 0.6 is 0 Å². The van der Waals surface area contributed by atoms with Crippen molar-refractivity contribution in [1.29, 1.82) is 0 Å². The van der Waals surface area contributed by atoms with Gasteiger partial charge < -0.3 is 10.2 Å². The smallest absolute Gasteiger partial charge is 0.241 e. The minimum absolute atomic E-state index is 0.0170. The number of aromatic nitrogens is 3. The number of aryl methyl sites for hydroxylation is 1. The van der Waals surface area contributed by atoms with Gasteiger partial charge in [0.15, 0.2) is 0 Å². The molecule has 3 aromatic heterocycles. The van der Waals surface area contributed by atoms with Gasteiger partial charge in [0.2, 0.25) is 11.8 Å². The first-order valence-electron chi connectivity index (χ1n) is 11.0. The third kappa shape index (κ3) is 4.54. The van der Waals surface area contributed by atoms with E-state index < -0.39 is 0 Å². The molecule has 3 aromatic rings.